The molecule has 2 rings (SSSR count). The minimum absolute atomic E-state index is 0.133. The molecule has 2 heterocycles. The zero-order valence-electron chi connectivity index (χ0n) is 9.53. The Morgan fingerprint density at radius 1 is 1.75 bits per heavy atom. The van der Waals surface area contributed by atoms with E-state index in [1.54, 1.807) is 11.3 Å². The third kappa shape index (κ3) is 3.06. The van der Waals surface area contributed by atoms with E-state index in [-0.39, 0.29) is 11.9 Å². The van der Waals surface area contributed by atoms with Crippen LogP contribution in [0.3, 0.4) is 0 Å². The number of thiophene rings is 1. The van der Waals surface area contributed by atoms with E-state index in [4.69, 9.17) is 0 Å². The van der Waals surface area contributed by atoms with Gasteiger partial charge in [-0.2, -0.15) is 0 Å². The van der Waals surface area contributed by atoms with E-state index in [1.165, 1.54) is 11.3 Å². The minimum atomic E-state index is 0.133. The Morgan fingerprint density at radius 2 is 2.62 bits per heavy atom. The molecule has 1 unspecified atom stereocenters. The van der Waals surface area contributed by atoms with E-state index in [9.17, 15) is 4.79 Å². The molecule has 4 heteroatoms. The standard InChI is InChI=1S/C12H18N2OS/c1-9(11-5-3-7-16-11)14-12(15)8-10-4-2-6-13-10/h3,5,7,9-10,13H,2,4,6,8H2,1H3,(H,14,15)/t9-,10?/m0/s1. The smallest absolute Gasteiger partial charge is 0.222 e. The molecule has 1 aromatic heterocycles. The summed E-state index contributed by atoms with van der Waals surface area (Å²) in [6, 6.07) is 4.59. The van der Waals surface area contributed by atoms with Crippen molar-refractivity contribution in [3.8, 4) is 0 Å². The van der Waals surface area contributed by atoms with Crippen molar-refractivity contribution in [2.45, 2.75) is 38.3 Å². The van der Waals surface area contributed by atoms with Gasteiger partial charge >= 0.3 is 0 Å². The van der Waals surface area contributed by atoms with E-state index in [0.717, 1.165) is 13.0 Å². The third-order valence-electron chi connectivity index (χ3n) is 2.94. The number of rotatable bonds is 4. The predicted octanol–water partition coefficient (Wildman–Crippen LogP) is 2.07. The molecule has 3 nitrogen and oxygen atoms in total. The van der Waals surface area contributed by atoms with Crippen molar-refractivity contribution in [1.29, 1.82) is 0 Å². The first kappa shape index (κ1) is 11.6. The highest BCUT2D eigenvalue weighted by molar-refractivity contribution is 7.10. The van der Waals surface area contributed by atoms with Crippen LogP contribution in [0.4, 0.5) is 0 Å². The summed E-state index contributed by atoms with van der Waals surface area (Å²) in [5.74, 6) is 0.153. The third-order valence-corrected chi connectivity index (χ3v) is 4.00. The molecule has 1 aliphatic heterocycles. The molecular formula is C12H18N2OS. The molecule has 1 saturated heterocycles. The Hall–Kier alpha value is -0.870. The Bertz CT molecular complexity index is 331. The lowest BCUT2D eigenvalue weighted by Crippen LogP contribution is -2.33. The summed E-state index contributed by atoms with van der Waals surface area (Å²) in [7, 11) is 0. The van der Waals surface area contributed by atoms with Gasteiger partial charge in [0.1, 0.15) is 0 Å². The lowest BCUT2D eigenvalue weighted by Gasteiger charge is -2.14. The van der Waals surface area contributed by atoms with Crippen LogP contribution in [0.1, 0.15) is 37.1 Å². The fourth-order valence-electron chi connectivity index (χ4n) is 2.06. The molecule has 1 aliphatic rings. The van der Waals surface area contributed by atoms with Gasteiger partial charge in [-0.15, -0.1) is 11.3 Å². The topological polar surface area (TPSA) is 41.1 Å². The van der Waals surface area contributed by atoms with Gasteiger partial charge in [0.25, 0.3) is 0 Å². The van der Waals surface area contributed by atoms with Gasteiger partial charge in [-0.3, -0.25) is 4.79 Å². The molecule has 2 atom stereocenters. The summed E-state index contributed by atoms with van der Waals surface area (Å²) in [4.78, 5) is 13.0. The Kier molecular flexibility index (Phi) is 3.96. The van der Waals surface area contributed by atoms with E-state index in [0.29, 0.717) is 12.5 Å². The molecule has 2 N–H and O–H groups in total. The maximum absolute atomic E-state index is 11.8. The summed E-state index contributed by atoms with van der Waals surface area (Å²) < 4.78 is 0. The van der Waals surface area contributed by atoms with Crippen molar-refractivity contribution in [2.75, 3.05) is 6.54 Å². The Balaban J connectivity index is 1.78. The molecule has 0 saturated carbocycles. The van der Waals surface area contributed by atoms with Crippen LogP contribution in [0.5, 0.6) is 0 Å². The van der Waals surface area contributed by atoms with E-state index in [2.05, 4.69) is 16.7 Å². The largest absolute Gasteiger partial charge is 0.349 e. The fraction of sp³-hybridized carbons (Fsp3) is 0.583. The summed E-state index contributed by atoms with van der Waals surface area (Å²) >= 11 is 1.69. The number of hydrogen-bond donors (Lipinski definition) is 2. The van der Waals surface area contributed by atoms with Gasteiger partial charge in [-0.25, -0.2) is 0 Å². The zero-order chi connectivity index (χ0) is 11.4. The highest BCUT2D eigenvalue weighted by Gasteiger charge is 2.18. The Labute approximate surface area is 100 Å². The number of nitrogens with one attached hydrogen (secondary N) is 2. The number of carbonyl (C=O) groups excluding carboxylic acids is 1. The first-order valence-corrected chi connectivity index (χ1v) is 6.70. The van der Waals surface area contributed by atoms with Gasteiger partial charge in [0.2, 0.25) is 5.91 Å². The van der Waals surface area contributed by atoms with Crippen LogP contribution >= 0.6 is 11.3 Å². The average molecular weight is 238 g/mol. The number of amides is 1. The first-order valence-electron chi connectivity index (χ1n) is 5.82. The van der Waals surface area contributed by atoms with Crippen LogP contribution in [0, 0.1) is 0 Å². The van der Waals surface area contributed by atoms with E-state index >= 15 is 0 Å². The zero-order valence-corrected chi connectivity index (χ0v) is 10.3. The van der Waals surface area contributed by atoms with Gasteiger partial charge < -0.3 is 10.6 Å². The molecule has 0 bridgehead atoms. The lowest BCUT2D eigenvalue weighted by molar-refractivity contribution is -0.122. The average Bonchev–Trinajstić information content (AvgIpc) is 2.88. The van der Waals surface area contributed by atoms with Gasteiger partial charge in [0, 0.05) is 17.3 Å². The summed E-state index contributed by atoms with van der Waals surface area (Å²) in [5.41, 5.74) is 0. The molecule has 0 spiro atoms. The monoisotopic (exact) mass is 238 g/mol. The van der Waals surface area contributed by atoms with E-state index in [1.807, 2.05) is 18.4 Å². The molecule has 16 heavy (non-hydrogen) atoms. The van der Waals surface area contributed by atoms with Gasteiger partial charge in [0.15, 0.2) is 0 Å². The first-order chi connectivity index (χ1) is 7.75. The van der Waals surface area contributed by atoms with Crippen molar-refractivity contribution in [3.63, 3.8) is 0 Å². The van der Waals surface area contributed by atoms with Crippen LogP contribution in [0.2, 0.25) is 0 Å². The molecule has 1 fully saturated rings. The number of carbonyl (C=O) groups is 1. The summed E-state index contributed by atoms with van der Waals surface area (Å²) in [6.07, 6.45) is 2.93. The fourth-order valence-corrected chi connectivity index (χ4v) is 2.80. The highest BCUT2D eigenvalue weighted by atomic mass is 32.1. The maximum atomic E-state index is 11.8. The van der Waals surface area contributed by atoms with Gasteiger partial charge in [-0.1, -0.05) is 6.07 Å². The highest BCUT2D eigenvalue weighted by Crippen LogP contribution is 2.18. The molecule has 0 radical (unpaired) electrons. The van der Waals surface area contributed by atoms with Crippen molar-refractivity contribution in [2.24, 2.45) is 0 Å². The summed E-state index contributed by atoms with van der Waals surface area (Å²) in [6.45, 7) is 3.09. The van der Waals surface area contributed by atoms with Crippen LogP contribution in [-0.4, -0.2) is 18.5 Å². The molecule has 88 valence electrons. The Morgan fingerprint density at radius 3 is 3.25 bits per heavy atom. The van der Waals surface area contributed by atoms with Gasteiger partial charge in [0.05, 0.1) is 6.04 Å². The SMILES string of the molecule is C[C@H](NC(=O)CC1CCCN1)c1cccs1. The molecule has 0 aliphatic carbocycles. The second-order valence-electron chi connectivity index (χ2n) is 4.30. The van der Waals surface area contributed by atoms with Crippen LogP contribution < -0.4 is 10.6 Å². The number of hydrogen-bond acceptors (Lipinski definition) is 3. The predicted molar refractivity (Wildman–Crippen MR) is 66.5 cm³/mol. The van der Waals surface area contributed by atoms with Crippen molar-refractivity contribution < 1.29 is 4.79 Å². The normalized spacial score (nSPS) is 21.9. The minimum Gasteiger partial charge on any atom is -0.349 e. The van der Waals surface area contributed by atoms with E-state index < -0.39 is 0 Å². The second-order valence-corrected chi connectivity index (χ2v) is 5.28. The quantitative estimate of drug-likeness (QED) is 0.843. The molecule has 1 aromatic rings. The molecular weight excluding hydrogens is 220 g/mol. The van der Waals surface area contributed by atoms with Crippen molar-refractivity contribution >= 4 is 17.2 Å². The molecule has 1 amide bonds. The van der Waals surface area contributed by atoms with Crippen LogP contribution in [-0.2, 0) is 4.79 Å². The van der Waals surface area contributed by atoms with Gasteiger partial charge in [-0.05, 0) is 37.8 Å². The van der Waals surface area contributed by atoms with Crippen molar-refractivity contribution in [3.05, 3.63) is 22.4 Å². The lowest BCUT2D eigenvalue weighted by atomic mass is 10.1. The summed E-state index contributed by atoms with van der Waals surface area (Å²) in [5, 5.41) is 8.42. The van der Waals surface area contributed by atoms with Crippen LogP contribution in [0.25, 0.3) is 0 Å². The second kappa shape index (κ2) is 5.46. The van der Waals surface area contributed by atoms with Crippen molar-refractivity contribution in [1.82, 2.24) is 10.6 Å². The maximum Gasteiger partial charge on any atom is 0.222 e. The molecule has 0 aromatic carbocycles. The van der Waals surface area contributed by atoms with Crippen LogP contribution in [0.15, 0.2) is 17.5 Å².